The van der Waals surface area contributed by atoms with E-state index in [-0.39, 0.29) is 11.8 Å². The quantitative estimate of drug-likeness (QED) is 0.554. The second kappa shape index (κ2) is 6.47. The van der Waals surface area contributed by atoms with Gasteiger partial charge >= 0.3 is 0 Å². The number of carbonyl (C=O) groups is 1. The number of nitrogens with zero attached hydrogens (tertiary/aromatic N) is 2. The highest BCUT2D eigenvalue weighted by Crippen LogP contribution is 2.16. The minimum atomic E-state index is 0.0431. The van der Waals surface area contributed by atoms with Crippen LogP contribution >= 0.6 is 0 Å². The molecule has 0 aliphatic carbocycles. The summed E-state index contributed by atoms with van der Waals surface area (Å²) in [7, 11) is 1.68. The lowest BCUT2D eigenvalue weighted by Gasteiger charge is -2.32. The highest BCUT2D eigenvalue weighted by atomic mass is 16.1. The summed E-state index contributed by atoms with van der Waals surface area (Å²) in [6.45, 7) is 6.56. The van der Waals surface area contributed by atoms with Crippen molar-refractivity contribution < 1.29 is 4.79 Å². The Morgan fingerprint density at radius 3 is 2.88 bits per heavy atom. The maximum Gasteiger partial charge on any atom is 0.224 e. The Labute approximate surface area is 103 Å². The molecule has 17 heavy (non-hydrogen) atoms. The number of guanidine groups is 1. The molecule has 0 aromatic rings. The van der Waals surface area contributed by atoms with E-state index in [0.29, 0.717) is 18.4 Å². The van der Waals surface area contributed by atoms with Crippen molar-refractivity contribution in [2.75, 3.05) is 26.7 Å². The molecule has 1 unspecified atom stereocenters. The molecule has 1 aliphatic rings. The van der Waals surface area contributed by atoms with E-state index in [0.717, 1.165) is 25.9 Å². The zero-order valence-electron chi connectivity index (χ0n) is 11.1. The zero-order chi connectivity index (χ0) is 12.8. The summed E-state index contributed by atoms with van der Waals surface area (Å²) in [5, 5.41) is 2.70. The van der Waals surface area contributed by atoms with Gasteiger partial charge in [0.15, 0.2) is 5.96 Å². The Morgan fingerprint density at radius 2 is 2.29 bits per heavy atom. The van der Waals surface area contributed by atoms with Crippen molar-refractivity contribution >= 4 is 11.9 Å². The monoisotopic (exact) mass is 240 g/mol. The number of rotatable bonds is 3. The summed E-state index contributed by atoms with van der Waals surface area (Å²) in [6, 6.07) is 0. The standard InChI is InChI=1S/C12H24N4O/c1-9(2)7-15-12(13)16-6-4-5-10(8-16)11(17)14-3/h9-10H,4-8H2,1-3H3,(H2,13,15)(H,14,17). The maximum absolute atomic E-state index is 11.6. The predicted octanol–water partition coefficient (Wildman–Crippen LogP) is 0.415. The van der Waals surface area contributed by atoms with Gasteiger partial charge in [-0.3, -0.25) is 9.79 Å². The lowest BCUT2D eigenvalue weighted by molar-refractivity contribution is -0.125. The highest BCUT2D eigenvalue weighted by Gasteiger charge is 2.25. The van der Waals surface area contributed by atoms with Crippen LogP contribution in [0.25, 0.3) is 0 Å². The third kappa shape index (κ3) is 4.24. The number of nitrogens with two attached hydrogens (primary N) is 1. The first-order valence-electron chi connectivity index (χ1n) is 6.31. The molecule has 0 radical (unpaired) electrons. The molecule has 1 amide bonds. The summed E-state index contributed by atoms with van der Waals surface area (Å²) in [4.78, 5) is 18.0. The lowest BCUT2D eigenvalue weighted by atomic mass is 9.97. The largest absolute Gasteiger partial charge is 0.370 e. The molecule has 0 bridgehead atoms. The van der Waals surface area contributed by atoms with Gasteiger partial charge in [0.05, 0.1) is 5.92 Å². The molecule has 1 fully saturated rings. The normalized spacial score (nSPS) is 21.8. The summed E-state index contributed by atoms with van der Waals surface area (Å²) < 4.78 is 0. The van der Waals surface area contributed by atoms with Crippen LogP contribution in [0.2, 0.25) is 0 Å². The average Bonchev–Trinajstić information content (AvgIpc) is 2.35. The Balaban J connectivity index is 2.54. The van der Waals surface area contributed by atoms with Gasteiger partial charge in [0.1, 0.15) is 0 Å². The van der Waals surface area contributed by atoms with Crippen molar-refractivity contribution in [3.63, 3.8) is 0 Å². The summed E-state index contributed by atoms with van der Waals surface area (Å²) in [6.07, 6.45) is 1.93. The molecule has 1 aliphatic heterocycles. The fraction of sp³-hybridized carbons (Fsp3) is 0.833. The van der Waals surface area contributed by atoms with Crippen molar-refractivity contribution in [1.82, 2.24) is 10.2 Å². The molecule has 0 aromatic heterocycles. The number of likely N-dealkylation sites (tertiary alicyclic amines) is 1. The molecule has 0 saturated carbocycles. The van der Waals surface area contributed by atoms with Gasteiger partial charge in [0.2, 0.25) is 5.91 Å². The molecule has 0 spiro atoms. The van der Waals surface area contributed by atoms with E-state index in [1.165, 1.54) is 0 Å². The van der Waals surface area contributed by atoms with Crippen LogP contribution in [0.15, 0.2) is 4.99 Å². The minimum Gasteiger partial charge on any atom is -0.370 e. The van der Waals surface area contributed by atoms with Gasteiger partial charge in [-0.2, -0.15) is 0 Å². The molecule has 5 nitrogen and oxygen atoms in total. The molecular formula is C12H24N4O. The van der Waals surface area contributed by atoms with Crippen LogP contribution in [-0.2, 0) is 4.79 Å². The van der Waals surface area contributed by atoms with Crippen LogP contribution in [0.1, 0.15) is 26.7 Å². The first kappa shape index (κ1) is 13.8. The van der Waals surface area contributed by atoms with Gasteiger partial charge in [-0.15, -0.1) is 0 Å². The van der Waals surface area contributed by atoms with Gasteiger partial charge in [-0.1, -0.05) is 13.8 Å². The summed E-state index contributed by atoms with van der Waals surface area (Å²) in [5.74, 6) is 1.23. The van der Waals surface area contributed by atoms with Crippen molar-refractivity contribution in [2.24, 2.45) is 22.6 Å². The van der Waals surface area contributed by atoms with E-state index >= 15 is 0 Å². The van der Waals surface area contributed by atoms with Gasteiger partial charge in [-0.05, 0) is 18.8 Å². The van der Waals surface area contributed by atoms with Crippen LogP contribution in [0.4, 0.5) is 0 Å². The second-order valence-corrected chi connectivity index (χ2v) is 4.99. The lowest BCUT2D eigenvalue weighted by Crippen LogP contribution is -2.47. The average molecular weight is 240 g/mol. The van der Waals surface area contributed by atoms with Crippen LogP contribution < -0.4 is 11.1 Å². The zero-order valence-corrected chi connectivity index (χ0v) is 11.1. The molecule has 0 aromatic carbocycles. The molecule has 5 heteroatoms. The smallest absolute Gasteiger partial charge is 0.224 e. The molecule has 1 heterocycles. The van der Waals surface area contributed by atoms with Crippen LogP contribution in [0, 0.1) is 11.8 Å². The van der Waals surface area contributed by atoms with E-state index in [2.05, 4.69) is 24.2 Å². The first-order chi connectivity index (χ1) is 8.04. The Bertz CT molecular complexity index is 288. The maximum atomic E-state index is 11.6. The number of amides is 1. The third-order valence-corrected chi connectivity index (χ3v) is 2.98. The van der Waals surface area contributed by atoms with E-state index in [1.807, 2.05) is 4.90 Å². The summed E-state index contributed by atoms with van der Waals surface area (Å²) in [5.41, 5.74) is 5.94. The number of hydrogen-bond acceptors (Lipinski definition) is 2. The van der Waals surface area contributed by atoms with Gasteiger partial charge in [0.25, 0.3) is 0 Å². The van der Waals surface area contributed by atoms with E-state index in [1.54, 1.807) is 7.05 Å². The third-order valence-electron chi connectivity index (χ3n) is 2.98. The highest BCUT2D eigenvalue weighted by molar-refractivity contribution is 5.81. The molecule has 1 atom stereocenters. The number of carbonyl (C=O) groups excluding carboxylic acids is 1. The SMILES string of the molecule is CNC(=O)C1CCCN(C(N)=NCC(C)C)C1. The Kier molecular flexibility index (Phi) is 5.25. The fourth-order valence-electron chi connectivity index (χ4n) is 1.98. The number of hydrogen-bond donors (Lipinski definition) is 2. The van der Waals surface area contributed by atoms with Crippen LogP contribution in [0.5, 0.6) is 0 Å². The first-order valence-corrected chi connectivity index (χ1v) is 6.31. The van der Waals surface area contributed by atoms with Crippen molar-refractivity contribution in [1.29, 1.82) is 0 Å². The molecular weight excluding hydrogens is 216 g/mol. The fourth-order valence-corrected chi connectivity index (χ4v) is 1.98. The molecule has 3 N–H and O–H groups in total. The van der Waals surface area contributed by atoms with Gasteiger partial charge in [0, 0.05) is 26.7 Å². The number of nitrogens with one attached hydrogen (secondary N) is 1. The van der Waals surface area contributed by atoms with E-state index < -0.39 is 0 Å². The second-order valence-electron chi connectivity index (χ2n) is 4.99. The molecule has 1 saturated heterocycles. The molecule has 98 valence electrons. The Morgan fingerprint density at radius 1 is 1.59 bits per heavy atom. The van der Waals surface area contributed by atoms with E-state index in [9.17, 15) is 4.79 Å². The Hall–Kier alpha value is -1.26. The summed E-state index contributed by atoms with van der Waals surface area (Å²) >= 11 is 0. The number of aliphatic imine (C=N–C) groups is 1. The van der Waals surface area contributed by atoms with E-state index in [4.69, 9.17) is 5.73 Å². The van der Waals surface area contributed by atoms with Crippen LogP contribution in [-0.4, -0.2) is 43.4 Å². The molecule has 1 rings (SSSR count). The van der Waals surface area contributed by atoms with Gasteiger partial charge in [-0.25, -0.2) is 0 Å². The number of piperidine rings is 1. The minimum absolute atomic E-state index is 0.0431. The predicted molar refractivity (Wildman–Crippen MR) is 69.7 cm³/mol. The van der Waals surface area contributed by atoms with Crippen LogP contribution in [0.3, 0.4) is 0 Å². The van der Waals surface area contributed by atoms with Crippen molar-refractivity contribution in [3.05, 3.63) is 0 Å². The topological polar surface area (TPSA) is 70.7 Å². The van der Waals surface area contributed by atoms with Crippen molar-refractivity contribution in [3.8, 4) is 0 Å². The van der Waals surface area contributed by atoms with Gasteiger partial charge < -0.3 is 16.0 Å². The van der Waals surface area contributed by atoms with Crippen molar-refractivity contribution in [2.45, 2.75) is 26.7 Å².